The highest BCUT2D eigenvalue weighted by Gasteiger charge is 2.12. The standard InChI is InChI=1S/C13H12S/c1-2-4-12-9-13-11(7-8-14-13)6-5-10(12)3-1/h1-4,7-8H,5-6,9H2. The summed E-state index contributed by atoms with van der Waals surface area (Å²) in [5.74, 6) is 0. The summed E-state index contributed by atoms with van der Waals surface area (Å²) in [6.45, 7) is 0. The van der Waals surface area contributed by atoms with Gasteiger partial charge in [-0.1, -0.05) is 24.3 Å². The summed E-state index contributed by atoms with van der Waals surface area (Å²) in [6, 6.07) is 11.1. The Balaban J connectivity index is 2.10. The highest BCUT2D eigenvalue weighted by atomic mass is 32.1. The molecule has 2 aromatic rings. The van der Waals surface area contributed by atoms with Crippen LogP contribution in [0.5, 0.6) is 0 Å². The second-order valence-corrected chi connectivity index (χ2v) is 4.82. The summed E-state index contributed by atoms with van der Waals surface area (Å²) in [6.07, 6.45) is 3.57. The Morgan fingerprint density at radius 2 is 1.64 bits per heavy atom. The van der Waals surface area contributed by atoms with Gasteiger partial charge in [0.15, 0.2) is 0 Å². The zero-order valence-electron chi connectivity index (χ0n) is 7.99. The molecule has 70 valence electrons. The molecule has 0 nitrogen and oxygen atoms in total. The van der Waals surface area contributed by atoms with Crippen LogP contribution in [-0.4, -0.2) is 0 Å². The number of hydrogen-bond donors (Lipinski definition) is 0. The van der Waals surface area contributed by atoms with Crippen molar-refractivity contribution in [3.05, 3.63) is 57.3 Å². The molecule has 0 N–H and O–H groups in total. The smallest absolute Gasteiger partial charge is 0.0121 e. The predicted octanol–water partition coefficient (Wildman–Crippen LogP) is 3.44. The quantitative estimate of drug-likeness (QED) is 0.611. The summed E-state index contributed by atoms with van der Waals surface area (Å²) in [5.41, 5.74) is 4.62. The molecular weight excluding hydrogens is 188 g/mol. The lowest BCUT2D eigenvalue weighted by molar-refractivity contribution is 0.970. The van der Waals surface area contributed by atoms with Crippen LogP contribution in [0.25, 0.3) is 0 Å². The minimum Gasteiger partial charge on any atom is -0.148 e. The average Bonchev–Trinajstić information content (AvgIpc) is 2.58. The van der Waals surface area contributed by atoms with Gasteiger partial charge in [0, 0.05) is 11.3 Å². The molecule has 3 rings (SSSR count). The minimum atomic E-state index is 1.14. The maximum absolute atomic E-state index is 2.28. The van der Waals surface area contributed by atoms with Gasteiger partial charge in [-0.25, -0.2) is 0 Å². The van der Waals surface area contributed by atoms with Gasteiger partial charge < -0.3 is 0 Å². The van der Waals surface area contributed by atoms with E-state index in [2.05, 4.69) is 35.7 Å². The Labute approximate surface area is 88.2 Å². The van der Waals surface area contributed by atoms with E-state index in [1.807, 2.05) is 11.3 Å². The van der Waals surface area contributed by atoms with Gasteiger partial charge in [-0.15, -0.1) is 11.3 Å². The molecule has 0 aliphatic heterocycles. The lowest BCUT2D eigenvalue weighted by Gasteiger charge is -2.03. The van der Waals surface area contributed by atoms with Crippen molar-refractivity contribution in [3.63, 3.8) is 0 Å². The van der Waals surface area contributed by atoms with Crippen molar-refractivity contribution in [3.8, 4) is 0 Å². The molecule has 1 aromatic carbocycles. The van der Waals surface area contributed by atoms with Crippen LogP contribution < -0.4 is 0 Å². The van der Waals surface area contributed by atoms with Crippen molar-refractivity contribution in [1.29, 1.82) is 0 Å². The normalized spacial score (nSPS) is 14.3. The van der Waals surface area contributed by atoms with E-state index in [1.54, 1.807) is 10.4 Å². The Morgan fingerprint density at radius 3 is 2.57 bits per heavy atom. The first-order chi connectivity index (χ1) is 6.93. The fourth-order valence-corrected chi connectivity index (χ4v) is 3.12. The molecule has 14 heavy (non-hydrogen) atoms. The number of fused-ring (bicyclic) bond motifs is 2. The Hall–Kier alpha value is -1.08. The van der Waals surface area contributed by atoms with E-state index < -0.39 is 0 Å². The Kier molecular flexibility index (Phi) is 1.91. The summed E-state index contributed by atoms with van der Waals surface area (Å²) >= 11 is 1.90. The fraction of sp³-hybridized carbons (Fsp3) is 0.231. The van der Waals surface area contributed by atoms with Crippen LogP contribution in [0.1, 0.15) is 21.6 Å². The van der Waals surface area contributed by atoms with E-state index in [-0.39, 0.29) is 0 Å². The van der Waals surface area contributed by atoms with Crippen molar-refractivity contribution in [2.45, 2.75) is 19.3 Å². The molecule has 0 saturated heterocycles. The summed E-state index contributed by atoms with van der Waals surface area (Å²) in [4.78, 5) is 1.56. The summed E-state index contributed by atoms with van der Waals surface area (Å²) < 4.78 is 0. The van der Waals surface area contributed by atoms with Crippen molar-refractivity contribution in [2.75, 3.05) is 0 Å². The largest absolute Gasteiger partial charge is 0.148 e. The second-order valence-electron chi connectivity index (χ2n) is 3.81. The third-order valence-electron chi connectivity index (χ3n) is 2.97. The van der Waals surface area contributed by atoms with Gasteiger partial charge in [0.05, 0.1) is 0 Å². The second kappa shape index (κ2) is 3.25. The molecule has 0 bridgehead atoms. The maximum Gasteiger partial charge on any atom is 0.0121 e. The number of rotatable bonds is 0. The van der Waals surface area contributed by atoms with Gasteiger partial charge >= 0.3 is 0 Å². The molecule has 0 atom stereocenters. The molecule has 0 amide bonds. The predicted molar refractivity (Wildman–Crippen MR) is 61.0 cm³/mol. The van der Waals surface area contributed by atoms with Crippen molar-refractivity contribution in [1.82, 2.24) is 0 Å². The van der Waals surface area contributed by atoms with Crippen molar-refractivity contribution in [2.24, 2.45) is 0 Å². The van der Waals surface area contributed by atoms with E-state index in [1.165, 1.54) is 24.0 Å². The Bertz CT molecular complexity index is 454. The monoisotopic (exact) mass is 200 g/mol. The van der Waals surface area contributed by atoms with Gasteiger partial charge in [0.2, 0.25) is 0 Å². The molecule has 0 spiro atoms. The van der Waals surface area contributed by atoms with Gasteiger partial charge in [-0.3, -0.25) is 0 Å². The number of thiophene rings is 1. The van der Waals surface area contributed by atoms with E-state index in [0.717, 1.165) is 6.42 Å². The highest BCUT2D eigenvalue weighted by Crippen LogP contribution is 2.27. The molecule has 0 saturated carbocycles. The third-order valence-corrected chi connectivity index (χ3v) is 3.93. The van der Waals surface area contributed by atoms with Crippen LogP contribution in [0.2, 0.25) is 0 Å². The molecule has 0 fully saturated rings. The SMILES string of the molecule is c1ccc2c(c1)CCc1ccsc1C2. The summed E-state index contributed by atoms with van der Waals surface area (Å²) in [7, 11) is 0. The maximum atomic E-state index is 2.28. The molecule has 0 unspecified atom stereocenters. The van der Waals surface area contributed by atoms with Crippen LogP contribution in [0.4, 0.5) is 0 Å². The number of benzene rings is 1. The van der Waals surface area contributed by atoms with Crippen LogP contribution >= 0.6 is 11.3 Å². The zero-order valence-corrected chi connectivity index (χ0v) is 8.81. The molecule has 1 aromatic heterocycles. The first-order valence-electron chi connectivity index (χ1n) is 5.05. The minimum absolute atomic E-state index is 1.14. The van der Waals surface area contributed by atoms with E-state index in [9.17, 15) is 0 Å². The first-order valence-corrected chi connectivity index (χ1v) is 5.93. The lowest BCUT2D eigenvalue weighted by atomic mass is 10.0. The molecule has 1 heterocycles. The number of hydrogen-bond acceptors (Lipinski definition) is 1. The molecular formula is C13H12S. The zero-order chi connectivity index (χ0) is 9.38. The average molecular weight is 200 g/mol. The van der Waals surface area contributed by atoms with Gasteiger partial charge in [-0.05, 0) is 41.0 Å². The molecule has 1 heteroatoms. The van der Waals surface area contributed by atoms with E-state index >= 15 is 0 Å². The third kappa shape index (κ3) is 1.28. The topological polar surface area (TPSA) is 0 Å². The molecule has 1 aliphatic rings. The molecule has 1 aliphatic carbocycles. The molecule has 0 radical (unpaired) electrons. The van der Waals surface area contributed by atoms with Crippen molar-refractivity contribution < 1.29 is 0 Å². The van der Waals surface area contributed by atoms with Crippen LogP contribution in [0.3, 0.4) is 0 Å². The van der Waals surface area contributed by atoms with Crippen molar-refractivity contribution >= 4 is 11.3 Å². The van der Waals surface area contributed by atoms with Gasteiger partial charge in [0.25, 0.3) is 0 Å². The highest BCUT2D eigenvalue weighted by molar-refractivity contribution is 7.10. The first kappa shape index (κ1) is 8.25. The number of aryl methyl sites for hydroxylation is 2. The van der Waals surface area contributed by atoms with E-state index in [4.69, 9.17) is 0 Å². The Morgan fingerprint density at radius 1 is 0.857 bits per heavy atom. The van der Waals surface area contributed by atoms with Crippen LogP contribution in [0, 0.1) is 0 Å². The van der Waals surface area contributed by atoms with Gasteiger partial charge in [-0.2, -0.15) is 0 Å². The summed E-state index contributed by atoms with van der Waals surface area (Å²) in [5, 5.41) is 2.22. The van der Waals surface area contributed by atoms with Crippen LogP contribution in [-0.2, 0) is 19.3 Å². The van der Waals surface area contributed by atoms with E-state index in [0.29, 0.717) is 0 Å². The van der Waals surface area contributed by atoms with Crippen LogP contribution in [0.15, 0.2) is 35.7 Å². The lowest BCUT2D eigenvalue weighted by Crippen LogP contribution is -1.90. The fourth-order valence-electron chi connectivity index (χ4n) is 2.16. The van der Waals surface area contributed by atoms with Gasteiger partial charge in [0.1, 0.15) is 0 Å².